The van der Waals surface area contributed by atoms with Crippen molar-refractivity contribution in [2.24, 2.45) is 0 Å². The fraction of sp³-hybridized carbons (Fsp3) is 0.100. The minimum absolute atomic E-state index is 0.0215. The fourth-order valence-corrected chi connectivity index (χ4v) is 1.67. The zero-order chi connectivity index (χ0) is 11.2. The van der Waals surface area contributed by atoms with Crippen molar-refractivity contribution >= 4 is 22.4 Å². The van der Waals surface area contributed by atoms with Gasteiger partial charge in [-0.2, -0.15) is 4.39 Å². The lowest BCUT2D eigenvalue weighted by Crippen LogP contribution is -1.96. The van der Waals surface area contributed by atoms with Crippen LogP contribution in [-0.2, 0) is 0 Å². The quantitative estimate of drug-likeness (QED) is 0.631. The second-order valence-corrected chi connectivity index (χ2v) is 3.46. The maximum absolute atomic E-state index is 13.4. The molecule has 0 radical (unpaired) electrons. The van der Waals surface area contributed by atoms with Crippen molar-refractivity contribution in [1.29, 1.82) is 0 Å². The van der Waals surface area contributed by atoms with E-state index in [0.29, 0.717) is 0 Å². The number of nitrogens with zero attached hydrogens (tertiary/aromatic N) is 1. The predicted molar refractivity (Wildman–Crippen MR) is 51.4 cm³/mol. The topological polar surface area (TPSA) is 12.9 Å². The van der Waals surface area contributed by atoms with E-state index in [1.807, 2.05) is 0 Å². The van der Waals surface area contributed by atoms with Gasteiger partial charge in [-0.25, -0.2) is 13.8 Å². The molecule has 15 heavy (non-hydrogen) atoms. The highest BCUT2D eigenvalue weighted by atomic mass is 35.5. The van der Waals surface area contributed by atoms with Gasteiger partial charge < -0.3 is 0 Å². The molecule has 0 aliphatic heterocycles. The Morgan fingerprint density at radius 1 is 1.20 bits per heavy atom. The smallest absolute Gasteiger partial charge is 0.207 e. The summed E-state index contributed by atoms with van der Waals surface area (Å²) in [5.41, 5.74) is 0.0215. The second-order valence-electron chi connectivity index (χ2n) is 3.10. The molecule has 0 unspecified atom stereocenters. The summed E-state index contributed by atoms with van der Waals surface area (Å²) in [4.78, 5) is 3.17. The van der Waals surface area contributed by atoms with Crippen LogP contribution in [0.25, 0.3) is 10.8 Å². The highest BCUT2D eigenvalue weighted by Gasteiger charge is 2.16. The van der Waals surface area contributed by atoms with Crippen LogP contribution in [-0.4, -0.2) is 4.98 Å². The standard InChI is InChI=1S/C10H5ClF3N/c1-4-6(12)3-2-5-7(4)8(13)10(14)15-9(5)11/h2-3H,1H3. The Kier molecular flexibility index (Phi) is 2.31. The van der Waals surface area contributed by atoms with Crippen LogP contribution in [0.1, 0.15) is 5.56 Å². The van der Waals surface area contributed by atoms with Crippen LogP contribution >= 0.6 is 11.6 Å². The van der Waals surface area contributed by atoms with Crippen molar-refractivity contribution in [1.82, 2.24) is 4.98 Å². The molecule has 1 nitrogen and oxygen atoms in total. The van der Waals surface area contributed by atoms with Crippen LogP contribution in [0.5, 0.6) is 0 Å². The summed E-state index contributed by atoms with van der Waals surface area (Å²) in [6.45, 7) is 1.36. The Morgan fingerprint density at radius 3 is 2.53 bits per heavy atom. The number of hydrogen-bond acceptors (Lipinski definition) is 1. The molecule has 5 heteroatoms. The van der Waals surface area contributed by atoms with Gasteiger partial charge >= 0.3 is 0 Å². The minimum Gasteiger partial charge on any atom is -0.207 e. The first-order valence-electron chi connectivity index (χ1n) is 4.11. The second kappa shape index (κ2) is 3.38. The van der Waals surface area contributed by atoms with Crippen LogP contribution < -0.4 is 0 Å². The van der Waals surface area contributed by atoms with E-state index in [-0.39, 0.29) is 21.5 Å². The predicted octanol–water partition coefficient (Wildman–Crippen LogP) is 3.61. The number of hydrogen-bond donors (Lipinski definition) is 0. The van der Waals surface area contributed by atoms with Gasteiger partial charge in [0.25, 0.3) is 5.95 Å². The number of halogens is 4. The Hall–Kier alpha value is -1.29. The molecule has 1 aromatic heterocycles. The van der Waals surface area contributed by atoms with Crippen LogP contribution in [0.15, 0.2) is 12.1 Å². The third-order valence-electron chi connectivity index (χ3n) is 2.22. The van der Waals surface area contributed by atoms with E-state index in [9.17, 15) is 13.2 Å². The van der Waals surface area contributed by atoms with Gasteiger partial charge in [-0.15, -0.1) is 0 Å². The van der Waals surface area contributed by atoms with E-state index in [1.54, 1.807) is 0 Å². The molecule has 0 bridgehead atoms. The molecule has 0 saturated heterocycles. The summed E-state index contributed by atoms with van der Waals surface area (Å²) in [6, 6.07) is 2.41. The zero-order valence-electron chi connectivity index (χ0n) is 7.61. The van der Waals surface area contributed by atoms with E-state index in [0.717, 1.165) is 6.07 Å². The van der Waals surface area contributed by atoms with Crippen molar-refractivity contribution in [3.63, 3.8) is 0 Å². The van der Waals surface area contributed by atoms with E-state index >= 15 is 0 Å². The number of pyridine rings is 1. The molecule has 0 N–H and O–H groups in total. The molecule has 1 aromatic carbocycles. The zero-order valence-corrected chi connectivity index (χ0v) is 8.37. The largest absolute Gasteiger partial charge is 0.251 e. The molecule has 78 valence electrons. The van der Waals surface area contributed by atoms with Gasteiger partial charge in [0.05, 0.1) is 0 Å². The van der Waals surface area contributed by atoms with Crippen LogP contribution in [0.2, 0.25) is 5.15 Å². The third-order valence-corrected chi connectivity index (χ3v) is 2.51. The van der Waals surface area contributed by atoms with Crippen molar-refractivity contribution in [3.8, 4) is 0 Å². The van der Waals surface area contributed by atoms with Crippen molar-refractivity contribution in [2.45, 2.75) is 6.92 Å². The highest BCUT2D eigenvalue weighted by molar-refractivity contribution is 6.34. The average Bonchev–Trinajstić information content (AvgIpc) is 2.19. The van der Waals surface area contributed by atoms with Crippen molar-refractivity contribution in [3.05, 3.63) is 40.4 Å². The Labute approximate surface area is 88.5 Å². The Bertz CT molecular complexity index is 546. The van der Waals surface area contributed by atoms with Gasteiger partial charge in [-0.05, 0) is 24.6 Å². The van der Waals surface area contributed by atoms with E-state index in [4.69, 9.17) is 11.6 Å². The number of aromatic nitrogens is 1. The van der Waals surface area contributed by atoms with Crippen LogP contribution in [0, 0.1) is 24.5 Å². The van der Waals surface area contributed by atoms with Gasteiger partial charge in [-0.3, -0.25) is 0 Å². The fourth-order valence-electron chi connectivity index (χ4n) is 1.44. The van der Waals surface area contributed by atoms with E-state index < -0.39 is 17.6 Å². The molecular formula is C10H5ClF3N. The Balaban J connectivity index is 3.04. The van der Waals surface area contributed by atoms with Gasteiger partial charge in [-0.1, -0.05) is 11.6 Å². The molecular weight excluding hydrogens is 227 g/mol. The maximum atomic E-state index is 13.4. The summed E-state index contributed by atoms with van der Waals surface area (Å²) in [6.07, 6.45) is 0. The number of fused-ring (bicyclic) bond motifs is 1. The molecule has 2 rings (SSSR count). The summed E-state index contributed by atoms with van der Waals surface area (Å²) < 4.78 is 39.4. The first kappa shape index (κ1) is 10.2. The first-order valence-corrected chi connectivity index (χ1v) is 4.49. The lowest BCUT2D eigenvalue weighted by atomic mass is 10.1. The molecule has 0 atom stereocenters. The molecule has 0 amide bonds. The highest BCUT2D eigenvalue weighted by Crippen LogP contribution is 2.29. The number of rotatable bonds is 0. The van der Waals surface area contributed by atoms with Crippen molar-refractivity contribution in [2.75, 3.05) is 0 Å². The number of benzene rings is 1. The van der Waals surface area contributed by atoms with Crippen LogP contribution in [0.3, 0.4) is 0 Å². The molecule has 0 fully saturated rings. The van der Waals surface area contributed by atoms with Gasteiger partial charge in [0.1, 0.15) is 11.0 Å². The molecule has 0 saturated carbocycles. The third kappa shape index (κ3) is 1.45. The molecule has 0 spiro atoms. The summed E-state index contributed by atoms with van der Waals surface area (Å²) in [5, 5.41) is -0.131. The summed E-state index contributed by atoms with van der Waals surface area (Å²) in [5.74, 6) is -3.10. The first-order chi connectivity index (χ1) is 7.02. The van der Waals surface area contributed by atoms with Crippen LogP contribution in [0.4, 0.5) is 13.2 Å². The molecule has 0 aliphatic rings. The van der Waals surface area contributed by atoms with E-state index in [1.165, 1.54) is 13.0 Å². The van der Waals surface area contributed by atoms with Gasteiger partial charge in [0.2, 0.25) is 0 Å². The SMILES string of the molecule is Cc1c(F)ccc2c(Cl)nc(F)c(F)c12. The van der Waals surface area contributed by atoms with Crippen molar-refractivity contribution < 1.29 is 13.2 Å². The van der Waals surface area contributed by atoms with E-state index in [2.05, 4.69) is 4.98 Å². The number of aryl methyl sites for hydroxylation is 1. The lowest BCUT2D eigenvalue weighted by molar-refractivity contribution is 0.487. The molecule has 1 heterocycles. The lowest BCUT2D eigenvalue weighted by Gasteiger charge is -2.06. The summed E-state index contributed by atoms with van der Waals surface area (Å²) >= 11 is 5.62. The average molecular weight is 232 g/mol. The van der Waals surface area contributed by atoms with Gasteiger partial charge in [0.15, 0.2) is 5.82 Å². The summed E-state index contributed by atoms with van der Waals surface area (Å²) in [7, 11) is 0. The minimum atomic E-state index is -1.32. The monoisotopic (exact) mass is 231 g/mol. The maximum Gasteiger partial charge on any atom is 0.251 e. The normalized spacial score (nSPS) is 11.0. The molecule has 0 aliphatic carbocycles. The van der Waals surface area contributed by atoms with Gasteiger partial charge in [0, 0.05) is 10.8 Å². The molecule has 2 aromatic rings. The Morgan fingerprint density at radius 2 is 1.87 bits per heavy atom.